The Labute approximate surface area is 177 Å². The highest BCUT2D eigenvalue weighted by atomic mass is 16.2. The number of carbonyl (C=O) groups excluding carboxylic acids is 1. The van der Waals surface area contributed by atoms with Gasteiger partial charge in [0.2, 0.25) is 0 Å². The summed E-state index contributed by atoms with van der Waals surface area (Å²) in [5.74, 6) is 0. The Morgan fingerprint density at radius 1 is 0.897 bits per heavy atom. The summed E-state index contributed by atoms with van der Waals surface area (Å²) in [6.07, 6.45) is 14.9. The van der Waals surface area contributed by atoms with Gasteiger partial charge in [0, 0.05) is 37.8 Å². The van der Waals surface area contributed by atoms with Crippen LogP contribution < -0.4 is 5.32 Å². The van der Waals surface area contributed by atoms with Crippen molar-refractivity contribution in [3.8, 4) is 0 Å². The van der Waals surface area contributed by atoms with E-state index < -0.39 is 0 Å². The standard InChI is InChI=1S/C25H39N3O/c29-25(28(23-12-6-2-7-13-23)24-14-8-3-9-15-24)26-22-17-19-27(20-22)18-16-21-10-4-1-5-11-21/h1,4-5,10-11,22-24H,2-3,6-9,12-20H2,(H,26,29)/t22-/m0/s1. The van der Waals surface area contributed by atoms with Gasteiger partial charge >= 0.3 is 6.03 Å². The molecule has 29 heavy (non-hydrogen) atoms. The van der Waals surface area contributed by atoms with Crippen LogP contribution in [0.4, 0.5) is 4.79 Å². The molecule has 1 N–H and O–H groups in total. The lowest BCUT2D eigenvalue weighted by Gasteiger charge is -2.42. The fourth-order valence-electron chi connectivity index (χ4n) is 5.68. The zero-order valence-electron chi connectivity index (χ0n) is 18.0. The maximum atomic E-state index is 13.4. The third kappa shape index (κ3) is 5.75. The lowest BCUT2D eigenvalue weighted by Crippen LogP contribution is -2.55. The number of likely N-dealkylation sites (tertiary alicyclic amines) is 1. The molecular weight excluding hydrogens is 358 g/mol. The van der Waals surface area contributed by atoms with Crippen molar-refractivity contribution in [2.45, 2.75) is 95.2 Å². The smallest absolute Gasteiger partial charge is 0.318 e. The molecule has 0 radical (unpaired) electrons. The number of rotatable bonds is 6. The molecule has 2 aliphatic carbocycles. The predicted octanol–water partition coefficient (Wildman–Crippen LogP) is 4.98. The van der Waals surface area contributed by atoms with Crippen LogP contribution in [0.5, 0.6) is 0 Å². The SMILES string of the molecule is O=C(N[C@H]1CCN(CCc2ccccc2)C1)N(C1CCCCC1)C1CCCCC1. The number of nitrogens with zero attached hydrogens (tertiary/aromatic N) is 2. The van der Waals surface area contributed by atoms with Gasteiger partial charge in [-0.1, -0.05) is 68.9 Å². The Hall–Kier alpha value is -1.55. The van der Waals surface area contributed by atoms with Crippen molar-refractivity contribution in [1.82, 2.24) is 15.1 Å². The summed E-state index contributed by atoms with van der Waals surface area (Å²) in [6.45, 7) is 3.19. The molecule has 1 heterocycles. The van der Waals surface area contributed by atoms with Gasteiger partial charge in [-0.2, -0.15) is 0 Å². The van der Waals surface area contributed by atoms with Crippen LogP contribution in [-0.2, 0) is 6.42 Å². The summed E-state index contributed by atoms with van der Waals surface area (Å²) in [5.41, 5.74) is 1.40. The quantitative estimate of drug-likeness (QED) is 0.735. The molecule has 160 valence electrons. The van der Waals surface area contributed by atoms with Gasteiger partial charge in [0.15, 0.2) is 0 Å². The zero-order chi connectivity index (χ0) is 19.9. The van der Waals surface area contributed by atoms with Gasteiger partial charge in [-0.05, 0) is 44.1 Å². The Balaban J connectivity index is 1.30. The molecule has 3 fully saturated rings. The van der Waals surface area contributed by atoms with Crippen LogP contribution in [0.2, 0.25) is 0 Å². The third-order valence-corrected chi connectivity index (χ3v) is 7.33. The van der Waals surface area contributed by atoms with E-state index in [4.69, 9.17) is 0 Å². The highest BCUT2D eigenvalue weighted by molar-refractivity contribution is 5.75. The van der Waals surface area contributed by atoms with Gasteiger partial charge in [0.05, 0.1) is 0 Å². The number of benzene rings is 1. The normalized spacial score (nSPS) is 24.5. The van der Waals surface area contributed by atoms with Crippen LogP contribution in [0.1, 0.15) is 76.2 Å². The Morgan fingerprint density at radius 3 is 2.14 bits per heavy atom. The highest BCUT2D eigenvalue weighted by Crippen LogP contribution is 2.30. The first-order chi connectivity index (χ1) is 14.3. The molecule has 1 saturated heterocycles. The van der Waals surface area contributed by atoms with E-state index >= 15 is 0 Å². The zero-order valence-corrected chi connectivity index (χ0v) is 18.0. The molecule has 4 heteroatoms. The molecule has 1 aromatic carbocycles. The Morgan fingerprint density at radius 2 is 1.52 bits per heavy atom. The van der Waals surface area contributed by atoms with E-state index in [0.717, 1.165) is 32.5 Å². The first-order valence-corrected chi connectivity index (χ1v) is 12.1. The van der Waals surface area contributed by atoms with Gasteiger partial charge in [-0.15, -0.1) is 0 Å². The minimum atomic E-state index is 0.235. The minimum Gasteiger partial charge on any atom is -0.334 e. The van der Waals surface area contributed by atoms with Gasteiger partial charge in [-0.3, -0.25) is 0 Å². The summed E-state index contributed by atoms with van der Waals surface area (Å²) in [5, 5.41) is 3.45. The van der Waals surface area contributed by atoms with Gasteiger partial charge < -0.3 is 15.1 Å². The van der Waals surface area contributed by atoms with E-state index in [1.54, 1.807) is 0 Å². The van der Waals surface area contributed by atoms with Crippen molar-refractivity contribution in [3.05, 3.63) is 35.9 Å². The molecule has 1 aromatic rings. The Bertz CT molecular complexity index is 604. The number of amides is 2. The van der Waals surface area contributed by atoms with Crippen LogP contribution in [0.25, 0.3) is 0 Å². The molecular formula is C25H39N3O. The number of carbonyl (C=O) groups is 1. The van der Waals surface area contributed by atoms with Gasteiger partial charge in [0.1, 0.15) is 0 Å². The fourth-order valence-corrected chi connectivity index (χ4v) is 5.68. The van der Waals surface area contributed by atoms with Crippen molar-refractivity contribution in [2.75, 3.05) is 19.6 Å². The van der Waals surface area contributed by atoms with Crippen molar-refractivity contribution in [3.63, 3.8) is 0 Å². The average Bonchev–Trinajstić information content (AvgIpc) is 3.22. The Kier molecular flexibility index (Phi) is 7.48. The molecule has 3 aliphatic rings. The number of nitrogens with one attached hydrogen (secondary N) is 1. The summed E-state index contributed by atoms with van der Waals surface area (Å²) in [6, 6.07) is 12.2. The second-order valence-corrected chi connectivity index (χ2v) is 9.46. The van der Waals surface area contributed by atoms with E-state index in [-0.39, 0.29) is 6.03 Å². The molecule has 4 rings (SSSR count). The summed E-state index contributed by atoms with van der Waals surface area (Å²) in [4.78, 5) is 18.2. The molecule has 1 aliphatic heterocycles. The van der Waals surface area contributed by atoms with Crippen molar-refractivity contribution in [2.24, 2.45) is 0 Å². The lowest BCUT2D eigenvalue weighted by molar-refractivity contribution is 0.103. The molecule has 4 nitrogen and oxygen atoms in total. The number of hydrogen-bond donors (Lipinski definition) is 1. The maximum Gasteiger partial charge on any atom is 0.318 e. The first-order valence-electron chi connectivity index (χ1n) is 12.1. The molecule has 2 saturated carbocycles. The van der Waals surface area contributed by atoms with E-state index in [2.05, 4.69) is 45.4 Å². The topological polar surface area (TPSA) is 35.6 Å². The van der Waals surface area contributed by atoms with Gasteiger partial charge in [0.25, 0.3) is 0 Å². The second-order valence-electron chi connectivity index (χ2n) is 9.46. The van der Waals surface area contributed by atoms with E-state index in [9.17, 15) is 4.79 Å². The molecule has 0 bridgehead atoms. The van der Waals surface area contributed by atoms with Crippen LogP contribution in [0.3, 0.4) is 0 Å². The number of hydrogen-bond acceptors (Lipinski definition) is 2. The molecule has 1 atom stereocenters. The van der Waals surface area contributed by atoms with E-state index in [1.165, 1.54) is 69.8 Å². The van der Waals surface area contributed by atoms with Crippen molar-refractivity contribution in [1.29, 1.82) is 0 Å². The van der Waals surface area contributed by atoms with Crippen LogP contribution in [0, 0.1) is 0 Å². The summed E-state index contributed by atoms with van der Waals surface area (Å²) >= 11 is 0. The van der Waals surface area contributed by atoms with Gasteiger partial charge in [-0.25, -0.2) is 4.79 Å². The molecule has 0 spiro atoms. The van der Waals surface area contributed by atoms with Crippen LogP contribution in [0.15, 0.2) is 30.3 Å². The third-order valence-electron chi connectivity index (χ3n) is 7.33. The second kappa shape index (κ2) is 10.5. The first kappa shape index (κ1) is 20.7. The molecule has 2 amide bonds. The summed E-state index contributed by atoms with van der Waals surface area (Å²) in [7, 11) is 0. The lowest BCUT2D eigenvalue weighted by atomic mass is 9.89. The number of urea groups is 1. The minimum absolute atomic E-state index is 0.235. The molecule has 0 unspecified atom stereocenters. The largest absolute Gasteiger partial charge is 0.334 e. The van der Waals surface area contributed by atoms with Crippen LogP contribution in [-0.4, -0.2) is 53.6 Å². The fraction of sp³-hybridized carbons (Fsp3) is 0.720. The predicted molar refractivity (Wildman–Crippen MR) is 119 cm³/mol. The molecule has 0 aromatic heterocycles. The van der Waals surface area contributed by atoms with E-state index in [0.29, 0.717) is 18.1 Å². The average molecular weight is 398 g/mol. The van der Waals surface area contributed by atoms with Crippen LogP contribution >= 0.6 is 0 Å². The summed E-state index contributed by atoms with van der Waals surface area (Å²) < 4.78 is 0. The monoisotopic (exact) mass is 397 g/mol. The highest BCUT2D eigenvalue weighted by Gasteiger charge is 2.34. The van der Waals surface area contributed by atoms with Crippen molar-refractivity contribution < 1.29 is 4.79 Å². The maximum absolute atomic E-state index is 13.4. The van der Waals surface area contributed by atoms with E-state index in [1.807, 2.05) is 0 Å². The van der Waals surface area contributed by atoms with Crippen molar-refractivity contribution >= 4 is 6.03 Å².